The second-order valence-electron chi connectivity index (χ2n) is 4.91. The molecule has 0 saturated carbocycles. The van der Waals surface area contributed by atoms with Crippen LogP contribution in [0.2, 0.25) is 0 Å². The number of hydrogen-bond acceptors (Lipinski definition) is 3. The first-order chi connectivity index (χ1) is 8.90. The van der Waals surface area contributed by atoms with Gasteiger partial charge in [-0.2, -0.15) is 11.3 Å². The molecule has 3 N–H and O–H groups in total. The summed E-state index contributed by atoms with van der Waals surface area (Å²) in [5.74, 6) is -1.17. The van der Waals surface area contributed by atoms with Crippen molar-refractivity contribution in [2.75, 3.05) is 0 Å². The Balaban J connectivity index is 2.43. The fourth-order valence-electron chi connectivity index (χ4n) is 1.73. The molecule has 2 amide bonds. The molecule has 106 valence electrons. The largest absolute Gasteiger partial charge is 0.480 e. The summed E-state index contributed by atoms with van der Waals surface area (Å²) in [6.45, 7) is 5.41. The van der Waals surface area contributed by atoms with E-state index in [0.29, 0.717) is 0 Å². The first-order valence-corrected chi connectivity index (χ1v) is 7.15. The molecule has 0 aliphatic carbocycles. The van der Waals surface area contributed by atoms with E-state index in [1.54, 1.807) is 25.2 Å². The van der Waals surface area contributed by atoms with E-state index in [0.717, 1.165) is 12.0 Å². The van der Waals surface area contributed by atoms with Crippen LogP contribution in [0.3, 0.4) is 0 Å². The predicted molar refractivity (Wildman–Crippen MR) is 75.4 cm³/mol. The van der Waals surface area contributed by atoms with Gasteiger partial charge in [-0.15, -0.1) is 0 Å². The molecular weight excluding hydrogens is 264 g/mol. The molecule has 0 spiro atoms. The van der Waals surface area contributed by atoms with Crippen molar-refractivity contribution in [3.8, 4) is 0 Å². The van der Waals surface area contributed by atoms with Crippen LogP contribution < -0.4 is 10.6 Å². The van der Waals surface area contributed by atoms with Gasteiger partial charge >= 0.3 is 12.0 Å². The van der Waals surface area contributed by atoms with Gasteiger partial charge in [-0.05, 0) is 41.7 Å². The van der Waals surface area contributed by atoms with E-state index < -0.39 is 18.0 Å². The molecule has 1 rings (SSSR count). The number of carboxylic acid groups (broad SMARTS) is 1. The zero-order valence-corrected chi connectivity index (χ0v) is 12.2. The van der Waals surface area contributed by atoms with Crippen molar-refractivity contribution in [1.82, 2.24) is 10.6 Å². The number of carboxylic acids is 1. The monoisotopic (exact) mass is 284 g/mol. The molecule has 19 heavy (non-hydrogen) atoms. The number of urea groups is 1. The number of hydrogen-bond donors (Lipinski definition) is 3. The fourth-order valence-corrected chi connectivity index (χ4v) is 2.42. The molecule has 0 saturated heterocycles. The van der Waals surface area contributed by atoms with Crippen LogP contribution in [0.4, 0.5) is 4.79 Å². The lowest BCUT2D eigenvalue weighted by molar-refractivity contribution is -0.140. The molecule has 0 fully saturated rings. The van der Waals surface area contributed by atoms with Gasteiger partial charge in [-0.3, -0.25) is 0 Å². The van der Waals surface area contributed by atoms with Gasteiger partial charge in [0.25, 0.3) is 0 Å². The summed E-state index contributed by atoms with van der Waals surface area (Å²) in [5, 5.41) is 18.2. The molecule has 0 aliphatic heterocycles. The third-order valence-corrected chi connectivity index (χ3v) is 3.45. The van der Waals surface area contributed by atoms with Crippen LogP contribution in [-0.4, -0.2) is 29.2 Å². The number of aliphatic carboxylic acids is 1. The number of amides is 2. The van der Waals surface area contributed by atoms with E-state index in [-0.39, 0.29) is 12.0 Å². The van der Waals surface area contributed by atoms with Crippen LogP contribution in [0.15, 0.2) is 16.8 Å². The van der Waals surface area contributed by atoms with Gasteiger partial charge in [0, 0.05) is 6.04 Å². The molecule has 0 bridgehead atoms. The average Bonchev–Trinajstić information content (AvgIpc) is 2.77. The van der Waals surface area contributed by atoms with Crippen molar-refractivity contribution in [2.24, 2.45) is 5.92 Å². The lowest BCUT2D eigenvalue weighted by atomic mass is 10.1. The van der Waals surface area contributed by atoms with Crippen LogP contribution in [0, 0.1) is 5.92 Å². The molecule has 0 radical (unpaired) electrons. The van der Waals surface area contributed by atoms with Crippen molar-refractivity contribution in [2.45, 2.75) is 39.3 Å². The summed E-state index contributed by atoms with van der Waals surface area (Å²) in [7, 11) is 0. The Morgan fingerprint density at radius 2 is 2.00 bits per heavy atom. The van der Waals surface area contributed by atoms with Crippen molar-refractivity contribution in [1.29, 1.82) is 0 Å². The molecular formula is C13H20N2O3S. The van der Waals surface area contributed by atoms with E-state index in [2.05, 4.69) is 10.6 Å². The second-order valence-corrected chi connectivity index (χ2v) is 5.69. The summed E-state index contributed by atoms with van der Waals surface area (Å²) < 4.78 is 0. The normalized spacial score (nSPS) is 13.9. The lowest BCUT2D eigenvalue weighted by Crippen LogP contribution is -2.50. The van der Waals surface area contributed by atoms with Crippen molar-refractivity contribution < 1.29 is 14.7 Å². The maximum Gasteiger partial charge on any atom is 0.326 e. The Kier molecular flexibility index (Phi) is 5.82. The zero-order valence-electron chi connectivity index (χ0n) is 11.3. The summed E-state index contributed by atoms with van der Waals surface area (Å²) >= 11 is 1.61. The topological polar surface area (TPSA) is 78.4 Å². The number of carbonyl (C=O) groups excluding carboxylic acids is 1. The molecule has 1 aromatic rings. The molecule has 5 nitrogen and oxygen atoms in total. The number of thiophene rings is 1. The summed E-state index contributed by atoms with van der Waals surface area (Å²) in [6.07, 6.45) is 0.732. The lowest BCUT2D eigenvalue weighted by Gasteiger charge is -2.20. The first-order valence-electron chi connectivity index (χ1n) is 6.21. The minimum absolute atomic E-state index is 0.0452. The third kappa shape index (κ3) is 5.30. The first kappa shape index (κ1) is 15.5. The smallest absolute Gasteiger partial charge is 0.326 e. The quantitative estimate of drug-likeness (QED) is 0.748. The van der Waals surface area contributed by atoms with Crippen LogP contribution in [0.25, 0.3) is 0 Å². The van der Waals surface area contributed by atoms with Crippen molar-refractivity contribution in [3.63, 3.8) is 0 Å². The van der Waals surface area contributed by atoms with Crippen molar-refractivity contribution >= 4 is 23.3 Å². The average molecular weight is 284 g/mol. The Labute approximate surface area is 117 Å². The zero-order chi connectivity index (χ0) is 14.4. The van der Waals surface area contributed by atoms with Gasteiger partial charge in [0.05, 0.1) is 0 Å². The van der Waals surface area contributed by atoms with E-state index >= 15 is 0 Å². The Bertz CT molecular complexity index is 418. The van der Waals surface area contributed by atoms with E-state index in [4.69, 9.17) is 5.11 Å². The highest BCUT2D eigenvalue weighted by Gasteiger charge is 2.23. The maximum absolute atomic E-state index is 11.7. The molecule has 0 aliphatic rings. The van der Waals surface area contributed by atoms with E-state index in [1.807, 2.05) is 23.8 Å². The molecule has 2 unspecified atom stereocenters. The van der Waals surface area contributed by atoms with E-state index in [1.165, 1.54) is 0 Å². The molecule has 6 heteroatoms. The van der Waals surface area contributed by atoms with Crippen LogP contribution >= 0.6 is 11.3 Å². The fraction of sp³-hybridized carbons (Fsp3) is 0.538. The van der Waals surface area contributed by atoms with Crippen LogP contribution in [-0.2, 0) is 11.2 Å². The minimum atomic E-state index is -1.02. The van der Waals surface area contributed by atoms with Gasteiger partial charge in [-0.1, -0.05) is 13.8 Å². The summed E-state index contributed by atoms with van der Waals surface area (Å²) in [6, 6.07) is 0.656. The molecule has 2 atom stereocenters. The molecule has 1 heterocycles. The Morgan fingerprint density at radius 3 is 2.47 bits per heavy atom. The third-order valence-electron chi connectivity index (χ3n) is 2.72. The Hall–Kier alpha value is -1.56. The van der Waals surface area contributed by atoms with Gasteiger partial charge in [0.2, 0.25) is 0 Å². The number of nitrogens with one attached hydrogen (secondary N) is 2. The van der Waals surface area contributed by atoms with Gasteiger partial charge in [0.1, 0.15) is 6.04 Å². The number of carbonyl (C=O) groups is 2. The highest BCUT2D eigenvalue weighted by atomic mass is 32.1. The highest BCUT2D eigenvalue weighted by Crippen LogP contribution is 2.08. The molecule has 0 aromatic carbocycles. The SMILES string of the molecule is CC(Cc1ccsc1)NC(=O)NC(C(=O)O)C(C)C. The van der Waals surface area contributed by atoms with Gasteiger partial charge in [-0.25, -0.2) is 9.59 Å². The van der Waals surface area contributed by atoms with Crippen molar-refractivity contribution in [3.05, 3.63) is 22.4 Å². The summed E-state index contributed by atoms with van der Waals surface area (Å²) in [5.41, 5.74) is 1.16. The van der Waals surface area contributed by atoms with Crippen LogP contribution in [0.5, 0.6) is 0 Å². The highest BCUT2D eigenvalue weighted by molar-refractivity contribution is 7.07. The van der Waals surface area contributed by atoms with Crippen LogP contribution in [0.1, 0.15) is 26.3 Å². The van der Waals surface area contributed by atoms with Gasteiger partial charge < -0.3 is 15.7 Å². The minimum Gasteiger partial charge on any atom is -0.480 e. The van der Waals surface area contributed by atoms with Gasteiger partial charge in [0.15, 0.2) is 0 Å². The second kappa shape index (κ2) is 7.13. The standard InChI is InChI=1S/C13H20N2O3S/c1-8(2)11(12(16)17)15-13(18)14-9(3)6-10-4-5-19-7-10/h4-5,7-9,11H,6H2,1-3H3,(H,16,17)(H2,14,15,18). The van der Waals surface area contributed by atoms with E-state index in [9.17, 15) is 9.59 Å². The Morgan fingerprint density at radius 1 is 1.32 bits per heavy atom. The predicted octanol–water partition coefficient (Wildman–Crippen LogP) is 2.09. The number of rotatable bonds is 6. The maximum atomic E-state index is 11.7. The molecule has 1 aromatic heterocycles. The summed E-state index contributed by atoms with van der Waals surface area (Å²) in [4.78, 5) is 22.7.